The van der Waals surface area contributed by atoms with Gasteiger partial charge in [-0.1, -0.05) is 6.07 Å². The standard InChI is InChI=1S/C11H13FN2/c12-10-2-1-9(7-13-10)11-3-5-14(8-11)6-4-11/h1-2,7H,3-6,8H2. The van der Waals surface area contributed by atoms with Crippen LogP contribution in [0.1, 0.15) is 18.4 Å². The third-order valence-corrected chi connectivity index (χ3v) is 3.68. The van der Waals surface area contributed by atoms with Gasteiger partial charge in [0.05, 0.1) is 0 Å². The van der Waals surface area contributed by atoms with Crippen molar-refractivity contribution in [3.63, 3.8) is 0 Å². The van der Waals surface area contributed by atoms with Crippen LogP contribution in [0.15, 0.2) is 18.3 Å². The van der Waals surface area contributed by atoms with Crippen LogP contribution in [-0.4, -0.2) is 29.5 Å². The summed E-state index contributed by atoms with van der Waals surface area (Å²) in [6.45, 7) is 3.52. The second-order valence-electron chi connectivity index (χ2n) is 4.43. The summed E-state index contributed by atoms with van der Waals surface area (Å²) in [6, 6.07) is 3.38. The highest BCUT2D eigenvalue weighted by Crippen LogP contribution is 2.42. The molecule has 0 spiro atoms. The summed E-state index contributed by atoms with van der Waals surface area (Å²) in [6.07, 6.45) is 4.13. The molecule has 2 bridgehead atoms. The summed E-state index contributed by atoms with van der Waals surface area (Å²) >= 11 is 0. The summed E-state index contributed by atoms with van der Waals surface area (Å²) in [5, 5.41) is 0. The minimum absolute atomic E-state index is 0.292. The Labute approximate surface area is 82.8 Å². The lowest BCUT2D eigenvalue weighted by Gasteiger charge is -2.25. The highest BCUT2D eigenvalue weighted by Gasteiger charge is 2.44. The van der Waals surface area contributed by atoms with Crippen LogP contribution in [0.2, 0.25) is 0 Å². The molecule has 0 amide bonds. The Kier molecular flexibility index (Phi) is 1.65. The third kappa shape index (κ3) is 1.08. The number of fused-ring (bicyclic) bond motifs is 2. The maximum Gasteiger partial charge on any atom is 0.212 e. The minimum Gasteiger partial charge on any atom is -0.302 e. The van der Waals surface area contributed by atoms with Crippen LogP contribution in [0.3, 0.4) is 0 Å². The van der Waals surface area contributed by atoms with Gasteiger partial charge in [-0.3, -0.25) is 0 Å². The predicted molar refractivity (Wildman–Crippen MR) is 51.5 cm³/mol. The fourth-order valence-corrected chi connectivity index (χ4v) is 2.79. The van der Waals surface area contributed by atoms with Crippen LogP contribution < -0.4 is 0 Å². The van der Waals surface area contributed by atoms with Crippen LogP contribution in [0.4, 0.5) is 4.39 Å². The molecule has 0 aliphatic carbocycles. The van der Waals surface area contributed by atoms with Crippen molar-refractivity contribution in [1.29, 1.82) is 0 Å². The normalized spacial score (nSPS) is 35.1. The van der Waals surface area contributed by atoms with Gasteiger partial charge in [-0.2, -0.15) is 4.39 Å². The first-order valence-electron chi connectivity index (χ1n) is 5.13. The van der Waals surface area contributed by atoms with Gasteiger partial charge in [-0.05, 0) is 37.6 Å². The number of pyridine rings is 1. The number of rotatable bonds is 1. The first kappa shape index (κ1) is 8.36. The zero-order valence-corrected chi connectivity index (χ0v) is 8.04. The molecular formula is C11H13FN2. The average Bonchev–Trinajstić information content (AvgIpc) is 2.79. The number of aromatic nitrogens is 1. The maximum absolute atomic E-state index is 12.7. The van der Waals surface area contributed by atoms with Crippen molar-refractivity contribution in [3.05, 3.63) is 29.8 Å². The van der Waals surface area contributed by atoms with E-state index in [-0.39, 0.29) is 5.95 Å². The van der Waals surface area contributed by atoms with Gasteiger partial charge in [0.25, 0.3) is 0 Å². The van der Waals surface area contributed by atoms with Crippen molar-refractivity contribution < 1.29 is 4.39 Å². The molecule has 0 saturated carbocycles. The maximum atomic E-state index is 12.7. The van der Waals surface area contributed by atoms with Gasteiger partial charge in [0.1, 0.15) is 0 Å². The van der Waals surface area contributed by atoms with Crippen molar-refractivity contribution >= 4 is 0 Å². The number of piperidine rings is 1. The Morgan fingerprint density at radius 1 is 1.29 bits per heavy atom. The Balaban J connectivity index is 1.98. The largest absolute Gasteiger partial charge is 0.302 e. The molecule has 2 aliphatic heterocycles. The van der Waals surface area contributed by atoms with Gasteiger partial charge >= 0.3 is 0 Å². The fraction of sp³-hybridized carbons (Fsp3) is 0.545. The van der Waals surface area contributed by atoms with E-state index in [4.69, 9.17) is 0 Å². The summed E-state index contributed by atoms with van der Waals surface area (Å²) < 4.78 is 12.7. The van der Waals surface area contributed by atoms with Crippen molar-refractivity contribution in [2.75, 3.05) is 19.6 Å². The lowest BCUT2D eigenvalue weighted by molar-refractivity contribution is 0.364. The molecule has 1 aromatic rings. The lowest BCUT2D eigenvalue weighted by atomic mass is 9.79. The van der Waals surface area contributed by atoms with Crippen LogP contribution >= 0.6 is 0 Å². The average molecular weight is 192 g/mol. The van der Waals surface area contributed by atoms with E-state index in [0.717, 1.165) is 6.54 Å². The van der Waals surface area contributed by atoms with E-state index >= 15 is 0 Å². The van der Waals surface area contributed by atoms with E-state index in [1.54, 1.807) is 6.20 Å². The van der Waals surface area contributed by atoms with Crippen LogP contribution in [0.25, 0.3) is 0 Å². The number of nitrogens with zero attached hydrogens (tertiary/aromatic N) is 2. The molecule has 0 atom stereocenters. The molecule has 0 radical (unpaired) electrons. The first-order valence-corrected chi connectivity index (χ1v) is 5.13. The van der Waals surface area contributed by atoms with E-state index in [1.807, 2.05) is 6.07 Å². The van der Waals surface area contributed by atoms with Crippen LogP contribution in [0, 0.1) is 5.95 Å². The van der Waals surface area contributed by atoms with E-state index < -0.39 is 0 Å². The zero-order valence-electron chi connectivity index (χ0n) is 8.04. The molecule has 2 fully saturated rings. The SMILES string of the molecule is Fc1ccc(C23CCN(CC2)C3)cn1. The lowest BCUT2D eigenvalue weighted by Crippen LogP contribution is -2.24. The molecule has 3 rings (SSSR count). The highest BCUT2D eigenvalue weighted by molar-refractivity contribution is 5.27. The molecule has 0 N–H and O–H groups in total. The van der Waals surface area contributed by atoms with Gasteiger partial charge in [-0.15, -0.1) is 0 Å². The van der Waals surface area contributed by atoms with Crippen molar-refractivity contribution in [2.24, 2.45) is 0 Å². The van der Waals surface area contributed by atoms with Crippen molar-refractivity contribution in [2.45, 2.75) is 18.3 Å². The van der Waals surface area contributed by atoms with Gasteiger partial charge in [0.2, 0.25) is 5.95 Å². The topological polar surface area (TPSA) is 16.1 Å². The Hall–Kier alpha value is -0.960. The van der Waals surface area contributed by atoms with E-state index in [0.29, 0.717) is 5.41 Å². The first-order chi connectivity index (χ1) is 6.78. The summed E-state index contributed by atoms with van der Waals surface area (Å²) in [4.78, 5) is 6.23. The summed E-state index contributed by atoms with van der Waals surface area (Å²) in [5.74, 6) is -0.377. The molecule has 2 aliphatic rings. The molecule has 0 aromatic carbocycles. The second-order valence-corrected chi connectivity index (χ2v) is 4.43. The molecular weight excluding hydrogens is 179 g/mol. The molecule has 2 nitrogen and oxygen atoms in total. The molecule has 74 valence electrons. The van der Waals surface area contributed by atoms with Gasteiger partial charge in [0.15, 0.2) is 0 Å². The predicted octanol–water partition coefficient (Wildman–Crippen LogP) is 1.57. The molecule has 14 heavy (non-hydrogen) atoms. The Bertz CT molecular complexity index is 339. The Morgan fingerprint density at radius 3 is 2.57 bits per heavy atom. The third-order valence-electron chi connectivity index (χ3n) is 3.68. The van der Waals surface area contributed by atoms with Crippen molar-refractivity contribution in [3.8, 4) is 0 Å². The summed E-state index contributed by atoms with van der Waals surface area (Å²) in [7, 11) is 0. The van der Waals surface area contributed by atoms with Gasteiger partial charge < -0.3 is 4.90 Å². The molecule has 1 aromatic heterocycles. The van der Waals surface area contributed by atoms with Crippen LogP contribution in [-0.2, 0) is 5.41 Å². The smallest absolute Gasteiger partial charge is 0.212 e. The van der Waals surface area contributed by atoms with E-state index in [9.17, 15) is 4.39 Å². The van der Waals surface area contributed by atoms with Crippen LogP contribution in [0.5, 0.6) is 0 Å². The zero-order chi connectivity index (χ0) is 9.60. The van der Waals surface area contributed by atoms with E-state index in [1.165, 1.54) is 37.6 Å². The van der Waals surface area contributed by atoms with Crippen molar-refractivity contribution in [1.82, 2.24) is 9.88 Å². The molecule has 3 heterocycles. The number of hydrogen-bond acceptors (Lipinski definition) is 2. The van der Waals surface area contributed by atoms with Gasteiger partial charge in [0, 0.05) is 18.2 Å². The number of halogens is 1. The van der Waals surface area contributed by atoms with Gasteiger partial charge in [-0.25, -0.2) is 4.98 Å². The minimum atomic E-state index is -0.377. The molecule has 0 unspecified atom stereocenters. The fourth-order valence-electron chi connectivity index (χ4n) is 2.79. The molecule has 2 saturated heterocycles. The number of hydrogen-bond donors (Lipinski definition) is 0. The Morgan fingerprint density at radius 2 is 2.07 bits per heavy atom. The highest BCUT2D eigenvalue weighted by atomic mass is 19.1. The monoisotopic (exact) mass is 192 g/mol. The van der Waals surface area contributed by atoms with E-state index in [2.05, 4.69) is 9.88 Å². The second kappa shape index (κ2) is 2.76. The quantitative estimate of drug-likeness (QED) is 0.628. The molecule has 3 heteroatoms. The summed E-state index contributed by atoms with van der Waals surface area (Å²) in [5.41, 5.74) is 1.51.